The lowest BCUT2D eigenvalue weighted by molar-refractivity contribution is 0.600. The average Bonchev–Trinajstić information content (AvgIpc) is 2.19. The summed E-state index contributed by atoms with van der Waals surface area (Å²) in [6.07, 6.45) is 2.34. The zero-order valence-electron chi connectivity index (χ0n) is 8.06. The summed E-state index contributed by atoms with van der Waals surface area (Å²) in [4.78, 5) is 0. The van der Waals surface area contributed by atoms with Crippen molar-refractivity contribution in [1.29, 1.82) is 0 Å². The number of rotatable bonds is 4. The van der Waals surface area contributed by atoms with Crippen molar-refractivity contribution < 1.29 is 4.39 Å². The van der Waals surface area contributed by atoms with Gasteiger partial charge in [-0.1, -0.05) is 18.5 Å². The molecule has 0 bridgehead atoms. The highest BCUT2D eigenvalue weighted by Gasteiger charge is 2.06. The fourth-order valence-corrected chi connectivity index (χ4v) is 1.55. The van der Waals surface area contributed by atoms with Gasteiger partial charge in [0.15, 0.2) is 0 Å². The smallest absolute Gasteiger partial charge is 0.126 e. The van der Waals surface area contributed by atoms with Crippen molar-refractivity contribution in [3.05, 3.63) is 34.6 Å². The van der Waals surface area contributed by atoms with Crippen molar-refractivity contribution in [2.45, 2.75) is 31.6 Å². The summed E-state index contributed by atoms with van der Waals surface area (Å²) in [6, 6.07) is 4.61. The third-order valence-electron chi connectivity index (χ3n) is 2.18. The summed E-state index contributed by atoms with van der Waals surface area (Å²) < 4.78 is 13.2. The van der Waals surface area contributed by atoms with E-state index in [1.165, 1.54) is 6.07 Å². The van der Waals surface area contributed by atoms with Gasteiger partial charge in [-0.05, 0) is 43.0 Å². The van der Waals surface area contributed by atoms with Gasteiger partial charge in [-0.25, -0.2) is 4.39 Å². The summed E-state index contributed by atoms with van der Waals surface area (Å²) >= 11 is 11.7. The lowest BCUT2D eigenvalue weighted by atomic mass is 10.1. The molecule has 1 unspecified atom stereocenters. The molecule has 0 heterocycles. The highest BCUT2D eigenvalue weighted by Crippen LogP contribution is 2.18. The summed E-state index contributed by atoms with van der Waals surface area (Å²) in [6.45, 7) is 2.02. The van der Waals surface area contributed by atoms with E-state index in [2.05, 4.69) is 0 Å². The second-order valence-electron chi connectivity index (χ2n) is 3.28. The van der Waals surface area contributed by atoms with Crippen LogP contribution < -0.4 is 0 Å². The molecule has 0 spiro atoms. The topological polar surface area (TPSA) is 0 Å². The fourth-order valence-electron chi connectivity index (χ4n) is 1.25. The SMILES string of the molecule is CCC(Cl)CCc1cc(Cl)ccc1F. The van der Waals surface area contributed by atoms with E-state index in [-0.39, 0.29) is 11.2 Å². The van der Waals surface area contributed by atoms with Crippen LogP contribution in [-0.2, 0) is 6.42 Å². The molecular formula is C11H13Cl2F. The quantitative estimate of drug-likeness (QED) is 0.677. The molecule has 0 aliphatic rings. The van der Waals surface area contributed by atoms with Crippen LogP contribution in [0.4, 0.5) is 4.39 Å². The summed E-state index contributed by atoms with van der Waals surface area (Å²) in [5, 5.41) is 0.692. The van der Waals surface area contributed by atoms with E-state index in [4.69, 9.17) is 23.2 Å². The molecule has 1 aromatic rings. The molecule has 1 rings (SSSR count). The van der Waals surface area contributed by atoms with Crippen LogP contribution >= 0.6 is 23.2 Å². The maximum atomic E-state index is 13.2. The van der Waals surface area contributed by atoms with Crippen LogP contribution in [0.5, 0.6) is 0 Å². The van der Waals surface area contributed by atoms with Gasteiger partial charge in [-0.3, -0.25) is 0 Å². The van der Waals surface area contributed by atoms with E-state index in [0.717, 1.165) is 12.8 Å². The maximum Gasteiger partial charge on any atom is 0.126 e. The van der Waals surface area contributed by atoms with Crippen molar-refractivity contribution in [2.24, 2.45) is 0 Å². The molecular weight excluding hydrogens is 222 g/mol. The van der Waals surface area contributed by atoms with Gasteiger partial charge in [-0.2, -0.15) is 0 Å². The molecule has 78 valence electrons. The predicted octanol–water partition coefficient (Wildman–Crippen LogP) is 4.43. The minimum atomic E-state index is -0.200. The molecule has 1 atom stereocenters. The van der Waals surface area contributed by atoms with E-state index < -0.39 is 0 Å². The number of hydrogen-bond acceptors (Lipinski definition) is 0. The first-order chi connectivity index (χ1) is 6.63. The number of benzene rings is 1. The van der Waals surface area contributed by atoms with Gasteiger partial charge < -0.3 is 0 Å². The Labute approximate surface area is 94.0 Å². The average molecular weight is 235 g/mol. The Hall–Kier alpha value is -0.270. The normalized spacial score (nSPS) is 12.9. The van der Waals surface area contributed by atoms with Crippen LogP contribution in [0.15, 0.2) is 18.2 Å². The van der Waals surface area contributed by atoms with Gasteiger partial charge in [0.25, 0.3) is 0 Å². The molecule has 0 fully saturated rings. The zero-order chi connectivity index (χ0) is 10.6. The van der Waals surface area contributed by atoms with E-state index in [1.54, 1.807) is 12.1 Å². The first-order valence-corrected chi connectivity index (χ1v) is 5.53. The molecule has 0 amide bonds. The van der Waals surface area contributed by atoms with Gasteiger partial charge >= 0.3 is 0 Å². The molecule has 14 heavy (non-hydrogen) atoms. The summed E-state index contributed by atoms with van der Waals surface area (Å²) in [7, 11) is 0. The molecule has 0 nitrogen and oxygen atoms in total. The summed E-state index contributed by atoms with van der Waals surface area (Å²) in [5.74, 6) is -0.200. The van der Waals surface area contributed by atoms with Crippen molar-refractivity contribution in [1.82, 2.24) is 0 Å². The van der Waals surface area contributed by atoms with E-state index in [1.807, 2.05) is 6.92 Å². The van der Waals surface area contributed by atoms with Crippen LogP contribution in [-0.4, -0.2) is 5.38 Å². The second kappa shape index (κ2) is 5.57. The summed E-state index contributed by atoms with van der Waals surface area (Å²) in [5.41, 5.74) is 0.650. The fraction of sp³-hybridized carbons (Fsp3) is 0.455. The molecule has 0 aliphatic carbocycles. The molecule has 0 saturated heterocycles. The minimum Gasteiger partial charge on any atom is -0.207 e. The third kappa shape index (κ3) is 3.47. The van der Waals surface area contributed by atoms with Gasteiger partial charge in [0.05, 0.1) is 0 Å². The van der Waals surface area contributed by atoms with Crippen LogP contribution in [0.2, 0.25) is 5.02 Å². The molecule has 0 saturated carbocycles. The number of hydrogen-bond donors (Lipinski definition) is 0. The predicted molar refractivity (Wildman–Crippen MR) is 59.7 cm³/mol. The highest BCUT2D eigenvalue weighted by molar-refractivity contribution is 6.30. The number of aryl methyl sites for hydroxylation is 1. The Morgan fingerprint density at radius 2 is 2.14 bits per heavy atom. The van der Waals surface area contributed by atoms with Crippen LogP contribution in [0, 0.1) is 5.82 Å². The standard InChI is InChI=1S/C11H13Cl2F/c1-2-9(12)4-3-8-7-10(13)5-6-11(8)14/h5-7,9H,2-4H2,1H3. The van der Waals surface area contributed by atoms with Crippen molar-refractivity contribution in [2.75, 3.05) is 0 Å². The van der Waals surface area contributed by atoms with Crippen molar-refractivity contribution in [3.63, 3.8) is 0 Å². The van der Waals surface area contributed by atoms with Crippen molar-refractivity contribution >= 4 is 23.2 Å². The molecule has 1 aromatic carbocycles. The van der Waals surface area contributed by atoms with E-state index in [9.17, 15) is 4.39 Å². The zero-order valence-corrected chi connectivity index (χ0v) is 9.58. The number of halogens is 3. The van der Waals surface area contributed by atoms with Gasteiger partial charge in [-0.15, -0.1) is 11.6 Å². The monoisotopic (exact) mass is 234 g/mol. The Bertz CT molecular complexity index is 299. The Balaban J connectivity index is 2.62. The van der Waals surface area contributed by atoms with Crippen molar-refractivity contribution in [3.8, 4) is 0 Å². The largest absolute Gasteiger partial charge is 0.207 e. The Kier molecular flexibility index (Phi) is 4.70. The highest BCUT2D eigenvalue weighted by atomic mass is 35.5. The van der Waals surface area contributed by atoms with Gasteiger partial charge in [0, 0.05) is 10.4 Å². The third-order valence-corrected chi connectivity index (χ3v) is 2.94. The molecule has 0 N–H and O–H groups in total. The lowest BCUT2D eigenvalue weighted by Gasteiger charge is -2.07. The van der Waals surface area contributed by atoms with Gasteiger partial charge in [0.2, 0.25) is 0 Å². The molecule has 0 aromatic heterocycles. The molecule has 0 radical (unpaired) electrons. The minimum absolute atomic E-state index is 0.119. The lowest BCUT2D eigenvalue weighted by Crippen LogP contribution is -2.00. The van der Waals surface area contributed by atoms with Crippen LogP contribution in [0.3, 0.4) is 0 Å². The van der Waals surface area contributed by atoms with Gasteiger partial charge in [0.1, 0.15) is 5.82 Å². The Morgan fingerprint density at radius 1 is 1.43 bits per heavy atom. The Morgan fingerprint density at radius 3 is 2.79 bits per heavy atom. The second-order valence-corrected chi connectivity index (χ2v) is 4.33. The van der Waals surface area contributed by atoms with Crippen LogP contribution in [0.25, 0.3) is 0 Å². The number of alkyl halides is 1. The molecule has 0 aliphatic heterocycles. The van der Waals surface area contributed by atoms with E-state index in [0.29, 0.717) is 17.0 Å². The van der Waals surface area contributed by atoms with Crippen LogP contribution in [0.1, 0.15) is 25.3 Å². The first kappa shape index (κ1) is 11.8. The van der Waals surface area contributed by atoms with E-state index >= 15 is 0 Å². The first-order valence-electron chi connectivity index (χ1n) is 4.71. The molecule has 3 heteroatoms. The maximum absolute atomic E-state index is 13.2.